The van der Waals surface area contributed by atoms with E-state index >= 15 is 0 Å². The molecule has 1 aromatic heterocycles. The summed E-state index contributed by atoms with van der Waals surface area (Å²) in [6.45, 7) is 3.01. The zero-order valence-corrected chi connectivity index (χ0v) is 12.3. The molecule has 0 radical (unpaired) electrons. The summed E-state index contributed by atoms with van der Waals surface area (Å²) in [6, 6.07) is 2.21. The van der Waals surface area contributed by atoms with Gasteiger partial charge in [0.2, 0.25) is 0 Å². The lowest BCUT2D eigenvalue weighted by molar-refractivity contribution is 0.0783. The molecule has 0 aliphatic carbocycles. The fourth-order valence-corrected chi connectivity index (χ4v) is 4.18. The van der Waals surface area contributed by atoms with Crippen molar-refractivity contribution < 1.29 is 4.74 Å². The highest BCUT2D eigenvalue weighted by Gasteiger charge is 2.35. The summed E-state index contributed by atoms with van der Waals surface area (Å²) in [5, 5.41) is 3.36. The largest absolute Gasteiger partial charge is 0.378 e. The molecule has 0 spiro atoms. The molecular formula is C12H17Cl2NOS. The topological polar surface area (TPSA) is 21.3 Å². The molecular weight excluding hydrogens is 277 g/mol. The van der Waals surface area contributed by atoms with Crippen LogP contribution in [0.1, 0.15) is 31.4 Å². The molecule has 2 heterocycles. The Kier molecular flexibility index (Phi) is 4.72. The zero-order valence-electron chi connectivity index (χ0n) is 10.0. The van der Waals surface area contributed by atoms with Gasteiger partial charge < -0.3 is 10.1 Å². The van der Waals surface area contributed by atoms with Crippen LogP contribution in [0.25, 0.3) is 0 Å². The van der Waals surface area contributed by atoms with Gasteiger partial charge in [-0.25, -0.2) is 0 Å². The van der Waals surface area contributed by atoms with Crippen LogP contribution in [0.15, 0.2) is 6.07 Å². The number of nitrogens with one attached hydrogen (secondary N) is 1. The lowest BCUT2D eigenvalue weighted by Gasteiger charge is -2.26. The Morgan fingerprint density at radius 3 is 2.88 bits per heavy atom. The third-order valence-corrected chi connectivity index (χ3v) is 4.94. The first-order valence-corrected chi connectivity index (χ1v) is 7.48. The molecule has 0 saturated carbocycles. The van der Waals surface area contributed by atoms with Gasteiger partial charge in [0.1, 0.15) is 0 Å². The summed E-state index contributed by atoms with van der Waals surface area (Å²) in [5.74, 6) is 0.480. The van der Waals surface area contributed by atoms with Crippen LogP contribution < -0.4 is 5.32 Å². The smallest absolute Gasteiger partial charge is 0.0992 e. The monoisotopic (exact) mass is 293 g/mol. The summed E-state index contributed by atoms with van der Waals surface area (Å²) in [5.41, 5.74) is 1.11. The second-order valence-corrected chi connectivity index (χ2v) is 6.60. The van der Waals surface area contributed by atoms with Gasteiger partial charge in [0.25, 0.3) is 0 Å². The average molecular weight is 294 g/mol. The van der Waals surface area contributed by atoms with E-state index in [1.807, 2.05) is 13.1 Å². The minimum Gasteiger partial charge on any atom is -0.378 e. The average Bonchev–Trinajstić information content (AvgIpc) is 2.88. The fourth-order valence-electron chi connectivity index (χ4n) is 2.63. The highest BCUT2D eigenvalue weighted by atomic mass is 35.5. The molecule has 5 heteroatoms. The van der Waals surface area contributed by atoms with Gasteiger partial charge in [-0.3, -0.25) is 0 Å². The molecule has 1 saturated heterocycles. The van der Waals surface area contributed by atoms with Crippen LogP contribution in [0.2, 0.25) is 8.67 Å². The maximum absolute atomic E-state index is 6.24. The van der Waals surface area contributed by atoms with Crippen LogP contribution in [0.3, 0.4) is 0 Å². The molecule has 3 atom stereocenters. The first kappa shape index (κ1) is 13.6. The van der Waals surface area contributed by atoms with Crippen LogP contribution in [0, 0.1) is 5.92 Å². The van der Waals surface area contributed by atoms with Crippen LogP contribution in [0.4, 0.5) is 0 Å². The maximum Gasteiger partial charge on any atom is 0.0992 e. The molecule has 1 aliphatic heterocycles. The Morgan fingerprint density at radius 2 is 2.35 bits per heavy atom. The second kappa shape index (κ2) is 5.89. The number of halogens is 2. The van der Waals surface area contributed by atoms with E-state index in [0.29, 0.717) is 12.0 Å². The third kappa shape index (κ3) is 2.79. The van der Waals surface area contributed by atoms with E-state index in [-0.39, 0.29) is 6.04 Å². The molecule has 1 N–H and O–H groups in total. The molecule has 0 amide bonds. The number of hydrogen-bond acceptors (Lipinski definition) is 3. The van der Waals surface area contributed by atoms with Crippen molar-refractivity contribution in [3.63, 3.8) is 0 Å². The van der Waals surface area contributed by atoms with E-state index in [9.17, 15) is 0 Å². The molecule has 1 aromatic rings. The lowest BCUT2D eigenvalue weighted by atomic mass is 9.88. The minimum atomic E-state index is 0.235. The number of rotatable bonds is 4. The molecule has 3 unspecified atom stereocenters. The Balaban J connectivity index is 2.24. The van der Waals surface area contributed by atoms with Crippen LogP contribution in [-0.2, 0) is 4.74 Å². The van der Waals surface area contributed by atoms with Crippen molar-refractivity contribution in [2.45, 2.75) is 31.9 Å². The van der Waals surface area contributed by atoms with Crippen LogP contribution >= 0.6 is 34.5 Å². The Labute approximate surface area is 116 Å². The van der Waals surface area contributed by atoms with E-state index < -0.39 is 0 Å². The maximum atomic E-state index is 6.24. The van der Waals surface area contributed by atoms with Crippen molar-refractivity contribution in [2.24, 2.45) is 5.92 Å². The SMILES string of the molecule is CCC1OCCC1C(NC)c1cc(Cl)sc1Cl. The standard InChI is InChI=1S/C12H17Cl2NOS/c1-3-9-7(4-5-16-9)11(15-2)8-6-10(13)17-12(8)14/h6-7,9,11,15H,3-5H2,1-2H3. The first-order chi connectivity index (χ1) is 8.17. The van der Waals surface area contributed by atoms with Crippen molar-refractivity contribution >= 4 is 34.5 Å². The van der Waals surface area contributed by atoms with Gasteiger partial charge in [-0.2, -0.15) is 0 Å². The molecule has 96 valence electrons. The highest BCUT2D eigenvalue weighted by Crippen LogP contribution is 2.41. The molecule has 1 aliphatic rings. The normalized spacial score (nSPS) is 26.4. The molecule has 17 heavy (non-hydrogen) atoms. The second-order valence-electron chi connectivity index (χ2n) is 4.32. The van der Waals surface area contributed by atoms with E-state index in [0.717, 1.165) is 33.7 Å². The van der Waals surface area contributed by atoms with Crippen LogP contribution in [0.5, 0.6) is 0 Å². The van der Waals surface area contributed by atoms with E-state index in [4.69, 9.17) is 27.9 Å². The molecule has 1 fully saturated rings. The number of ether oxygens (including phenoxy) is 1. The third-order valence-electron chi connectivity index (χ3n) is 3.42. The van der Waals surface area contributed by atoms with Crippen molar-refractivity contribution in [1.29, 1.82) is 0 Å². The lowest BCUT2D eigenvalue weighted by Crippen LogP contribution is -2.30. The fraction of sp³-hybridized carbons (Fsp3) is 0.667. The molecule has 2 rings (SSSR count). The van der Waals surface area contributed by atoms with Crippen molar-refractivity contribution in [3.05, 3.63) is 20.3 Å². The quantitative estimate of drug-likeness (QED) is 0.901. The molecule has 0 aromatic carbocycles. The van der Waals surface area contributed by atoms with Gasteiger partial charge in [-0.05, 0) is 26.0 Å². The van der Waals surface area contributed by atoms with Gasteiger partial charge >= 0.3 is 0 Å². The summed E-state index contributed by atoms with van der Waals surface area (Å²) in [4.78, 5) is 0. The van der Waals surface area contributed by atoms with Gasteiger partial charge in [-0.1, -0.05) is 30.1 Å². The van der Waals surface area contributed by atoms with E-state index in [2.05, 4.69) is 12.2 Å². The van der Waals surface area contributed by atoms with Gasteiger partial charge in [0.05, 0.1) is 14.8 Å². The molecule has 2 nitrogen and oxygen atoms in total. The van der Waals surface area contributed by atoms with E-state index in [1.165, 1.54) is 11.3 Å². The van der Waals surface area contributed by atoms with Gasteiger partial charge in [0, 0.05) is 24.1 Å². The number of thiophene rings is 1. The predicted octanol–water partition coefficient (Wildman–Crippen LogP) is 4.13. The van der Waals surface area contributed by atoms with Crippen molar-refractivity contribution in [2.75, 3.05) is 13.7 Å². The molecule has 0 bridgehead atoms. The predicted molar refractivity (Wildman–Crippen MR) is 74.3 cm³/mol. The van der Waals surface area contributed by atoms with Crippen molar-refractivity contribution in [3.8, 4) is 0 Å². The highest BCUT2D eigenvalue weighted by molar-refractivity contribution is 7.20. The van der Waals surface area contributed by atoms with Gasteiger partial charge in [0.15, 0.2) is 0 Å². The number of hydrogen-bond donors (Lipinski definition) is 1. The summed E-state index contributed by atoms with van der Waals surface area (Å²) < 4.78 is 7.29. The summed E-state index contributed by atoms with van der Waals surface area (Å²) in [7, 11) is 1.97. The summed E-state index contributed by atoms with van der Waals surface area (Å²) in [6.07, 6.45) is 2.44. The Hall–Kier alpha value is 0.200. The zero-order chi connectivity index (χ0) is 12.4. The Morgan fingerprint density at radius 1 is 1.59 bits per heavy atom. The first-order valence-electron chi connectivity index (χ1n) is 5.91. The summed E-state index contributed by atoms with van der Waals surface area (Å²) >= 11 is 13.7. The Bertz CT molecular complexity index is 383. The van der Waals surface area contributed by atoms with Gasteiger partial charge in [-0.15, -0.1) is 11.3 Å². The van der Waals surface area contributed by atoms with Crippen molar-refractivity contribution in [1.82, 2.24) is 5.32 Å². The van der Waals surface area contributed by atoms with E-state index in [1.54, 1.807) is 0 Å². The van der Waals surface area contributed by atoms with Crippen LogP contribution in [-0.4, -0.2) is 19.8 Å². The minimum absolute atomic E-state index is 0.235.